The molecule has 0 bridgehead atoms. The van der Waals surface area contributed by atoms with Gasteiger partial charge in [-0.05, 0) is 91.9 Å². The van der Waals surface area contributed by atoms with Gasteiger partial charge in [0, 0.05) is 23.4 Å². The summed E-state index contributed by atoms with van der Waals surface area (Å²) in [5.74, 6) is 0.720. The lowest BCUT2D eigenvalue weighted by molar-refractivity contribution is -0.116. The highest BCUT2D eigenvalue weighted by atomic mass is 19.1. The molecular formula is C32H30FN3O3. The van der Waals surface area contributed by atoms with Gasteiger partial charge in [0.15, 0.2) is 5.78 Å². The standard InChI is InChI=1S/C32H30FN3O3/c1-19-15-21(18-39-25-11-7-22(33)8-12-25)20(2)26(16-19)30-27(17-34)32(35)36(23-9-13-24(38-3)14-10-23)28-5-4-6-29(37)31(28)30/h7-16,30H,4-6,18,35H2,1-3H3. The van der Waals surface area contributed by atoms with Crippen molar-refractivity contribution in [2.24, 2.45) is 5.73 Å². The molecule has 2 N–H and O–H groups in total. The summed E-state index contributed by atoms with van der Waals surface area (Å²) in [5, 5.41) is 10.4. The second-order valence-electron chi connectivity index (χ2n) is 9.90. The summed E-state index contributed by atoms with van der Waals surface area (Å²) in [6.45, 7) is 4.22. The zero-order valence-corrected chi connectivity index (χ0v) is 22.3. The van der Waals surface area contributed by atoms with Gasteiger partial charge >= 0.3 is 0 Å². The van der Waals surface area contributed by atoms with Crippen LogP contribution in [-0.4, -0.2) is 12.9 Å². The molecule has 0 saturated heterocycles. The lowest BCUT2D eigenvalue weighted by Gasteiger charge is -2.40. The lowest BCUT2D eigenvalue weighted by Crippen LogP contribution is -2.39. The molecule has 0 saturated carbocycles. The van der Waals surface area contributed by atoms with E-state index in [1.54, 1.807) is 19.2 Å². The zero-order chi connectivity index (χ0) is 27.7. The van der Waals surface area contributed by atoms with Gasteiger partial charge in [-0.2, -0.15) is 5.26 Å². The van der Waals surface area contributed by atoms with Crippen LogP contribution in [0.2, 0.25) is 0 Å². The molecular weight excluding hydrogens is 493 g/mol. The van der Waals surface area contributed by atoms with E-state index in [1.165, 1.54) is 12.1 Å². The number of aryl methyl sites for hydroxylation is 1. The van der Waals surface area contributed by atoms with Gasteiger partial charge in [0.1, 0.15) is 29.7 Å². The summed E-state index contributed by atoms with van der Waals surface area (Å²) in [5.41, 5.74) is 13.0. The molecule has 7 heteroatoms. The Morgan fingerprint density at radius 2 is 1.74 bits per heavy atom. The number of nitrogens with two attached hydrogens (primary N) is 1. The summed E-state index contributed by atoms with van der Waals surface area (Å²) >= 11 is 0. The number of benzene rings is 3. The first-order valence-corrected chi connectivity index (χ1v) is 12.9. The van der Waals surface area contributed by atoms with Crippen molar-refractivity contribution < 1.29 is 18.7 Å². The van der Waals surface area contributed by atoms with E-state index in [1.807, 2.05) is 55.1 Å². The normalized spacial score (nSPS) is 17.2. The highest BCUT2D eigenvalue weighted by molar-refractivity contribution is 6.01. The molecule has 5 rings (SSSR count). The van der Waals surface area contributed by atoms with E-state index in [0.29, 0.717) is 41.3 Å². The highest BCUT2D eigenvalue weighted by Crippen LogP contribution is 2.47. The lowest BCUT2D eigenvalue weighted by atomic mass is 9.73. The van der Waals surface area contributed by atoms with Crippen LogP contribution in [0.1, 0.15) is 47.4 Å². The van der Waals surface area contributed by atoms with E-state index >= 15 is 0 Å². The van der Waals surface area contributed by atoms with Gasteiger partial charge in [-0.15, -0.1) is 0 Å². The number of carbonyl (C=O) groups excluding carboxylic acids is 1. The maximum atomic E-state index is 13.5. The fourth-order valence-electron chi connectivity index (χ4n) is 5.53. The number of allylic oxidation sites excluding steroid dienone is 3. The molecule has 0 spiro atoms. The van der Waals surface area contributed by atoms with Crippen LogP contribution >= 0.6 is 0 Å². The summed E-state index contributed by atoms with van der Waals surface area (Å²) in [6, 6.07) is 19.7. The van der Waals surface area contributed by atoms with Crippen molar-refractivity contribution >= 4 is 11.5 Å². The molecule has 1 heterocycles. The fraction of sp³-hybridized carbons (Fsp3) is 0.250. The van der Waals surface area contributed by atoms with Gasteiger partial charge in [-0.25, -0.2) is 4.39 Å². The van der Waals surface area contributed by atoms with Crippen molar-refractivity contribution in [2.45, 2.75) is 45.6 Å². The number of Topliss-reactive ketones (excluding diaryl/α,β-unsaturated/α-hetero) is 1. The van der Waals surface area contributed by atoms with Crippen LogP contribution < -0.4 is 20.1 Å². The monoisotopic (exact) mass is 523 g/mol. The second kappa shape index (κ2) is 10.7. The minimum absolute atomic E-state index is 0.0324. The molecule has 0 amide bonds. The first kappa shape index (κ1) is 26.1. The van der Waals surface area contributed by atoms with Crippen LogP contribution in [0.15, 0.2) is 83.3 Å². The number of hydrogen-bond donors (Lipinski definition) is 1. The Bertz CT molecular complexity index is 1530. The number of carbonyl (C=O) groups is 1. The van der Waals surface area contributed by atoms with Crippen LogP contribution in [0.3, 0.4) is 0 Å². The molecule has 39 heavy (non-hydrogen) atoms. The largest absolute Gasteiger partial charge is 0.497 e. The Hall–Kier alpha value is -4.57. The molecule has 1 aliphatic heterocycles. The Kier molecular flexibility index (Phi) is 7.12. The van der Waals surface area contributed by atoms with Crippen LogP contribution in [0, 0.1) is 31.0 Å². The molecule has 198 valence electrons. The fourth-order valence-corrected chi connectivity index (χ4v) is 5.53. The van der Waals surface area contributed by atoms with Crippen molar-refractivity contribution in [3.8, 4) is 17.6 Å². The number of halogens is 1. The van der Waals surface area contributed by atoms with Crippen molar-refractivity contribution in [3.05, 3.63) is 111 Å². The third-order valence-corrected chi connectivity index (χ3v) is 7.46. The maximum Gasteiger partial charge on any atom is 0.161 e. The summed E-state index contributed by atoms with van der Waals surface area (Å²) < 4.78 is 24.6. The van der Waals surface area contributed by atoms with E-state index in [-0.39, 0.29) is 18.2 Å². The maximum absolute atomic E-state index is 13.5. The number of rotatable bonds is 6. The minimum atomic E-state index is -0.572. The average Bonchev–Trinajstić information content (AvgIpc) is 2.94. The molecule has 1 aliphatic carbocycles. The number of nitrogens with zero attached hydrogens (tertiary/aromatic N) is 2. The van der Waals surface area contributed by atoms with E-state index in [0.717, 1.165) is 40.1 Å². The predicted octanol–water partition coefficient (Wildman–Crippen LogP) is 6.33. The first-order chi connectivity index (χ1) is 18.8. The molecule has 0 aromatic heterocycles. The number of methoxy groups -OCH3 is 1. The van der Waals surface area contributed by atoms with E-state index in [2.05, 4.69) is 6.07 Å². The van der Waals surface area contributed by atoms with Gasteiger partial charge in [-0.1, -0.05) is 17.7 Å². The molecule has 3 aromatic rings. The Balaban J connectivity index is 1.61. The summed E-state index contributed by atoms with van der Waals surface area (Å²) in [4.78, 5) is 15.4. The van der Waals surface area contributed by atoms with Crippen molar-refractivity contribution in [3.63, 3.8) is 0 Å². The van der Waals surface area contributed by atoms with Crippen LogP contribution in [0.5, 0.6) is 11.5 Å². The number of ether oxygens (including phenoxy) is 2. The molecule has 1 atom stereocenters. The van der Waals surface area contributed by atoms with Crippen molar-refractivity contribution in [2.75, 3.05) is 12.0 Å². The van der Waals surface area contributed by atoms with E-state index in [9.17, 15) is 14.4 Å². The third-order valence-electron chi connectivity index (χ3n) is 7.46. The number of anilines is 1. The van der Waals surface area contributed by atoms with Crippen molar-refractivity contribution in [1.29, 1.82) is 5.26 Å². The average molecular weight is 524 g/mol. The number of ketones is 1. The van der Waals surface area contributed by atoms with Gasteiger partial charge in [0.25, 0.3) is 0 Å². The summed E-state index contributed by atoms with van der Waals surface area (Å²) in [7, 11) is 1.60. The quantitative estimate of drug-likeness (QED) is 0.406. The first-order valence-electron chi connectivity index (χ1n) is 12.9. The molecule has 0 radical (unpaired) electrons. The van der Waals surface area contributed by atoms with Gasteiger partial charge in [0.2, 0.25) is 0 Å². The van der Waals surface area contributed by atoms with Crippen molar-refractivity contribution in [1.82, 2.24) is 0 Å². The topological polar surface area (TPSA) is 88.6 Å². The number of hydrogen-bond acceptors (Lipinski definition) is 6. The zero-order valence-electron chi connectivity index (χ0n) is 22.3. The van der Waals surface area contributed by atoms with E-state index < -0.39 is 5.92 Å². The van der Waals surface area contributed by atoms with Gasteiger partial charge in [0.05, 0.1) is 24.7 Å². The predicted molar refractivity (Wildman–Crippen MR) is 148 cm³/mol. The van der Waals surface area contributed by atoms with Crippen LogP contribution in [0.4, 0.5) is 10.1 Å². The second-order valence-corrected chi connectivity index (χ2v) is 9.90. The van der Waals surface area contributed by atoms with Gasteiger partial charge in [-0.3, -0.25) is 9.69 Å². The Morgan fingerprint density at radius 3 is 2.41 bits per heavy atom. The third kappa shape index (κ3) is 4.86. The molecule has 6 nitrogen and oxygen atoms in total. The number of nitriles is 1. The Morgan fingerprint density at radius 1 is 1.05 bits per heavy atom. The molecule has 3 aromatic carbocycles. The summed E-state index contributed by atoms with van der Waals surface area (Å²) in [6.07, 6.45) is 1.82. The van der Waals surface area contributed by atoms with Gasteiger partial charge < -0.3 is 15.2 Å². The molecule has 0 fully saturated rings. The minimum Gasteiger partial charge on any atom is -0.497 e. The molecule has 2 aliphatic rings. The highest BCUT2D eigenvalue weighted by Gasteiger charge is 2.41. The molecule has 1 unspecified atom stereocenters. The SMILES string of the molecule is COc1ccc(N2C(N)=C(C#N)C(c3cc(C)cc(COc4ccc(F)cc4)c3C)C3=C2CCCC3=O)cc1. The van der Waals surface area contributed by atoms with Crippen LogP contribution in [-0.2, 0) is 11.4 Å². The smallest absolute Gasteiger partial charge is 0.161 e. The van der Waals surface area contributed by atoms with Crippen LogP contribution in [0.25, 0.3) is 0 Å². The Labute approximate surface area is 227 Å². The van der Waals surface area contributed by atoms with E-state index in [4.69, 9.17) is 15.2 Å².